The minimum absolute atomic E-state index is 0.0785. The van der Waals surface area contributed by atoms with Crippen LogP contribution in [-0.2, 0) is 4.79 Å². The second-order valence-electron chi connectivity index (χ2n) is 6.51. The van der Waals surface area contributed by atoms with Crippen molar-refractivity contribution in [3.05, 3.63) is 53.6 Å². The van der Waals surface area contributed by atoms with Gasteiger partial charge in [0.05, 0.1) is 12.7 Å². The molecule has 2 aromatic rings. The number of amides is 2. The lowest BCUT2D eigenvalue weighted by Gasteiger charge is -2.30. The lowest BCUT2D eigenvalue weighted by atomic mass is 9.95. The highest BCUT2D eigenvalue weighted by atomic mass is 19.1. The summed E-state index contributed by atoms with van der Waals surface area (Å²) in [5.74, 6) is -1.97. The maximum Gasteiger partial charge on any atom is 0.256 e. The molecular formula is C20H20F2N2O3. The lowest BCUT2D eigenvalue weighted by Crippen LogP contribution is -2.42. The minimum Gasteiger partial charge on any atom is -0.497 e. The highest BCUT2D eigenvalue weighted by molar-refractivity contribution is 5.95. The number of carbonyl (C=O) groups excluding carboxylic acids is 2. The zero-order valence-corrected chi connectivity index (χ0v) is 14.9. The molecule has 0 aromatic heterocycles. The van der Waals surface area contributed by atoms with Crippen molar-refractivity contribution < 1.29 is 23.1 Å². The summed E-state index contributed by atoms with van der Waals surface area (Å²) in [4.78, 5) is 25.3. The van der Waals surface area contributed by atoms with Crippen molar-refractivity contribution in [2.24, 2.45) is 11.7 Å². The Bertz CT molecular complexity index is 878. The second kappa shape index (κ2) is 7.73. The SMILES string of the molecule is COc1ccc(-c2ccc(C(=O)N3CCC(C(N)=O)CC3)c(F)c2)c(F)c1. The molecule has 0 atom stereocenters. The third-order valence-corrected chi connectivity index (χ3v) is 4.87. The van der Waals surface area contributed by atoms with Crippen molar-refractivity contribution in [3.8, 4) is 16.9 Å². The van der Waals surface area contributed by atoms with Gasteiger partial charge in [-0.15, -0.1) is 0 Å². The van der Waals surface area contributed by atoms with Crippen LogP contribution >= 0.6 is 0 Å². The summed E-state index contributed by atoms with van der Waals surface area (Å²) in [6.45, 7) is 0.696. The molecule has 2 amide bonds. The van der Waals surface area contributed by atoms with Crippen LogP contribution in [0.25, 0.3) is 11.1 Å². The molecule has 0 spiro atoms. The van der Waals surface area contributed by atoms with Crippen LogP contribution in [0.5, 0.6) is 5.75 Å². The van der Waals surface area contributed by atoms with E-state index in [1.807, 2.05) is 0 Å². The van der Waals surface area contributed by atoms with E-state index in [0.29, 0.717) is 37.2 Å². The van der Waals surface area contributed by atoms with Gasteiger partial charge in [-0.2, -0.15) is 0 Å². The van der Waals surface area contributed by atoms with Gasteiger partial charge in [-0.05, 0) is 42.7 Å². The van der Waals surface area contributed by atoms with Crippen molar-refractivity contribution in [1.29, 1.82) is 0 Å². The number of rotatable bonds is 4. The van der Waals surface area contributed by atoms with E-state index in [0.717, 1.165) is 6.07 Å². The van der Waals surface area contributed by atoms with E-state index in [-0.39, 0.29) is 23.0 Å². The van der Waals surface area contributed by atoms with E-state index < -0.39 is 17.5 Å². The van der Waals surface area contributed by atoms with Crippen molar-refractivity contribution in [1.82, 2.24) is 4.90 Å². The molecule has 0 saturated carbocycles. The van der Waals surface area contributed by atoms with Crippen molar-refractivity contribution in [3.63, 3.8) is 0 Å². The topological polar surface area (TPSA) is 72.6 Å². The Balaban J connectivity index is 1.79. The van der Waals surface area contributed by atoms with Gasteiger partial charge in [-0.1, -0.05) is 6.07 Å². The molecule has 3 rings (SSSR count). The number of likely N-dealkylation sites (tertiary alicyclic amines) is 1. The summed E-state index contributed by atoms with van der Waals surface area (Å²) in [5, 5.41) is 0. The number of nitrogens with zero attached hydrogens (tertiary/aromatic N) is 1. The molecule has 1 saturated heterocycles. The van der Waals surface area contributed by atoms with Crippen LogP contribution in [0.2, 0.25) is 0 Å². The second-order valence-corrected chi connectivity index (χ2v) is 6.51. The van der Waals surface area contributed by atoms with Gasteiger partial charge in [0.25, 0.3) is 5.91 Å². The number of hydrogen-bond donors (Lipinski definition) is 1. The number of ether oxygens (including phenoxy) is 1. The highest BCUT2D eigenvalue weighted by Crippen LogP contribution is 2.28. The number of hydrogen-bond acceptors (Lipinski definition) is 3. The lowest BCUT2D eigenvalue weighted by molar-refractivity contribution is -0.123. The first-order chi connectivity index (χ1) is 12.9. The molecule has 1 heterocycles. The number of piperidine rings is 1. The normalized spacial score (nSPS) is 14.9. The zero-order chi connectivity index (χ0) is 19.6. The van der Waals surface area contributed by atoms with Crippen molar-refractivity contribution >= 4 is 11.8 Å². The van der Waals surface area contributed by atoms with Crippen LogP contribution in [0.15, 0.2) is 36.4 Å². The van der Waals surface area contributed by atoms with Gasteiger partial charge in [0, 0.05) is 30.6 Å². The predicted molar refractivity (Wildman–Crippen MR) is 96.2 cm³/mol. The number of nitrogens with two attached hydrogens (primary N) is 1. The smallest absolute Gasteiger partial charge is 0.256 e. The Hall–Kier alpha value is -2.96. The Morgan fingerprint density at radius 2 is 1.78 bits per heavy atom. The quantitative estimate of drug-likeness (QED) is 0.894. The summed E-state index contributed by atoms with van der Waals surface area (Å²) in [7, 11) is 1.43. The number of primary amides is 1. The molecule has 142 valence electrons. The maximum absolute atomic E-state index is 14.6. The fourth-order valence-corrected chi connectivity index (χ4v) is 3.25. The molecule has 0 radical (unpaired) electrons. The fraction of sp³-hybridized carbons (Fsp3) is 0.300. The number of benzene rings is 2. The Labute approximate surface area is 155 Å². The first kappa shape index (κ1) is 18.8. The van der Waals surface area contributed by atoms with Gasteiger partial charge in [-0.3, -0.25) is 9.59 Å². The monoisotopic (exact) mass is 374 g/mol. The van der Waals surface area contributed by atoms with Crippen LogP contribution in [0.3, 0.4) is 0 Å². The Kier molecular flexibility index (Phi) is 5.39. The van der Waals surface area contributed by atoms with Gasteiger partial charge in [0.15, 0.2) is 0 Å². The van der Waals surface area contributed by atoms with Gasteiger partial charge in [0.1, 0.15) is 17.4 Å². The summed E-state index contributed by atoms with van der Waals surface area (Å²) in [5.41, 5.74) is 5.76. The molecule has 2 aromatic carbocycles. The molecule has 0 unspecified atom stereocenters. The van der Waals surface area contributed by atoms with Crippen LogP contribution < -0.4 is 10.5 Å². The van der Waals surface area contributed by atoms with E-state index in [2.05, 4.69) is 0 Å². The first-order valence-corrected chi connectivity index (χ1v) is 8.62. The largest absolute Gasteiger partial charge is 0.497 e. The van der Waals surface area contributed by atoms with E-state index in [4.69, 9.17) is 10.5 Å². The van der Waals surface area contributed by atoms with Crippen molar-refractivity contribution in [2.45, 2.75) is 12.8 Å². The van der Waals surface area contributed by atoms with Crippen LogP contribution in [0.1, 0.15) is 23.2 Å². The molecule has 27 heavy (non-hydrogen) atoms. The standard InChI is InChI=1S/C20H20F2N2O3/c1-27-14-3-5-15(18(22)11-14)13-2-4-16(17(21)10-13)20(26)24-8-6-12(7-9-24)19(23)25/h2-5,10-12H,6-9H2,1H3,(H2,23,25). The van der Waals surface area contributed by atoms with E-state index in [1.54, 1.807) is 6.07 Å². The van der Waals surface area contributed by atoms with E-state index >= 15 is 0 Å². The Morgan fingerprint density at radius 1 is 1.07 bits per heavy atom. The molecule has 1 fully saturated rings. The van der Waals surface area contributed by atoms with Gasteiger partial charge in [-0.25, -0.2) is 8.78 Å². The summed E-state index contributed by atoms with van der Waals surface area (Å²) >= 11 is 0. The summed E-state index contributed by atoms with van der Waals surface area (Å²) in [6, 6.07) is 8.31. The number of methoxy groups -OCH3 is 1. The van der Waals surface area contributed by atoms with E-state index in [1.165, 1.54) is 36.3 Å². The summed E-state index contributed by atoms with van der Waals surface area (Å²) < 4.78 is 33.7. The maximum atomic E-state index is 14.6. The molecular weight excluding hydrogens is 354 g/mol. The van der Waals surface area contributed by atoms with E-state index in [9.17, 15) is 18.4 Å². The molecule has 1 aliphatic heterocycles. The third-order valence-electron chi connectivity index (χ3n) is 4.87. The van der Waals surface area contributed by atoms with Crippen molar-refractivity contribution in [2.75, 3.05) is 20.2 Å². The molecule has 0 aliphatic carbocycles. The molecule has 2 N–H and O–H groups in total. The fourth-order valence-electron chi connectivity index (χ4n) is 3.25. The minimum atomic E-state index is -0.718. The zero-order valence-electron chi connectivity index (χ0n) is 14.9. The third kappa shape index (κ3) is 3.92. The van der Waals surface area contributed by atoms with Gasteiger partial charge in [0.2, 0.25) is 5.91 Å². The average molecular weight is 374 g/mol. The first-order valence-electron chi connectivity index (χ1n) is 8.62. The van der Waals surface area contributed by atoms with Crippen LogP contribution in [0, 0.1) is 17.6 Å². The Morgan fingerprint density at radius 3 is 2.33 bits per heavy atom. The van der Waals surface area contributed by atoms with Crippen LogP contribution in [0.4, 0.5) is 8.78 Å². The van der Waals surface area contributed by atoms with Crippen LogP contribution in [-0.4, -0.2) is 36.9 Å². The predicted octanol–water partition coefficient (Wildman–Crippen LogP) is 2.98. The average Bonchev–Trinajstić information content (AvgIpc) is 2.67. The molecule has 7 heteroatoms. The molecule has 5 nitrogen and oxygen atoms in total. The number of halogens is 2. The van der Waals surface area contributed by atoms with Gasteiger partial charge < -0.3 is 15.4 Å². The van der Waals surface area contributed by atoms with Gasteiger partial charge >= 0.3 is 0 Å². The summed E-state index contributed by atoms with van der Waals surface area (Å²) in [6.07, 6.45) is 0.940. The number of carbonyl (C=O) groups is 2. The molecule has 1 aliphatic rings. The molecule has 0 bridgehead atoms. The highest BCUT2D eigenvalue weighted by Gasteiger charge is 2.27.